The highest BCUT2D eigenvalue weighted by molar-refractivity contribution is 6.18. The van der Waals surface area contributed by atoms with Crippen molar-refractivity contribution >= 4 is 11.6 Å². The van der Waals surface area contributed by atoms with Gasteiger partial charge >= 0.3 is 0 Å². The number of alkyl halides is 1. The third-order valence-corrected chi connectivity index (χ3v) is 4.50. The van der Waals surface area contributed by atoms with Gasteiger partial charge in [0.15, 0.2) is 0 Å². The molecule has 1 N–H and O–H groups in total. The van der Waals surface area contributed by atoms with Crippen LogP contribution in [-0.2, 0) is 6.54 Å². The molecule has 0 amide bonds. The summed E-state index contributed by atoms with van der Waals surface area (Å²) in [6.07, 6.45) is 7.06. The first-order valence-corrected chi connectivity index (χ1v) is 7.77. The van der Waals surface area contributed by atoms with Gasteiger partial charge < -0.3 is 9.88 Å². The van der Waals surface area contributed by atoms with Crippen molar-refractivity contribution in [2.45, 2.75) is 32.2 Å². The van der Waals surface area contributed by atoms with Crippen LogP contribution in [0.2, 0.25) is 0 Å². The van der Waals surface area contributed by atoms with Crippen molar-refractivity contribution in [3.05, 3.63) is 34.7 Å². The minimum absolute atomic E-state index is 0.0700. The van der Waals surface area contributed by atoms with E-state index in [1.165, 1.54) is 25.7 Å². The van der Waals surface area contributed by atoms with Crippen LogP contribution in [0.5, 0.6) is 0 Å². The zero-order valence-electron chi connectivity index (χ0n) is 11.4. The monoisotopic (exact) mass is 282 g/mol. The van der Waals surface area contributed by atoms with Gasteiger partial charge in [0.2, 0.25) is 0 Å². The van der Waals surface area contributed by atoms with Gasteiger partial charge in [0.25, 0.3) is 5.56 Å². The van der Waals surface area contributed by atoms with Crippen LogP contribution in [-0.4, -0.2) is 23.5 Å². The highest BCUT2D eigenvalue weighted by Gasteiger charge is 2.23. The predicted molar refractivity (Wildman–Crippen MR) is 79.7 cm³/mol. The molecule has 2 atom stereocenters. The zero-order valence-corrected chi connectivity index (χ0v) is 12.1. The van der Waals surface area contributed by atoms with Gasteiger partial charge in [0.05, 0.1) is 0 Å². The normalized spacial score (nSPS) is 23.4. The average molecular weight is 283 g/mol. The smallest absolute Gasteiger partial charge is 0.250 e. The SMILES string of the molecule is O=c1ccccn1CCNCC1CCCCC1CCl. The molecule has 3 nitrogen and oxygen atoms in total. The Morgan fingerprint density at radius 1 is 1.26 bits per heavy atom. The van der Waals surface area contributed by atoms with E-state index in [1.54, 1.807) is 16.7 Å². The minimum Gasteiger partial charge on any atom is -0.315 e. The van der Waals surface area contributed by atoms with Crippen molar-refractivity contribution in [3.63, 3.8) is 0 Å². The minimum atomic E-state index is 0.0700. The third kappa shape index (κ3) is 4.36. The second-order valence-corrected chi connectivity index (χ2v) is 5.70. The standard InChI is InChI=1S/C15H23ClN2O/c16-11-13-5-1-2-6-14(13)12-17-8-10-18-9-4-3-7-15(18)19/h3-4,7,9,13-14,17H,1-2,5-6,8,10-12H2. The summed E-state index contributed by atoms with van der Waals surface area (Å²) >= 11 is 6.03. The number of aromatic nitrogens is 1. The number of hydrogen-bond donors (Lipinski definition) is 1. The summed E-state index contributed by atoms with van der Waals surface area (Å²) in [5.41, 5.74) is 0.0700. The molecular weight excluding hydrogens is 260 g/mol. The number of pyridine rings is 1. The van der Waals surface area contributed by atoms with Gasteiger partial charge in [0, 0.05) is 31.2 Å². The van der Waals surface area contributed by atoms with E-state index in [0.29, 0.717) is 11.8 Å². The lowest BCUT2D eigenvalue weighted by atomic mass is 9.80. The van der Waals surface area contributed by atoms with Crippen molar-refractivity contribution in [1.82, 2.24) is 9.88 Å². The van der Waals surface area contributed by atoms with Gasteiger partial charge in [-0.15, -0.1) is 11.6 Å². The zero-order chi connectivity index (χ0) is 13.5. The fourth-order valence-corrected chi connectivity index (χ4v) is 3.29. The van der Waals surface area contributed by atoms with E-state index in [1.807, 2.05) is 12.3 Å². The van der Waals surface area contributed by atoms with Crippen molar-refractivity contribution < 1.29 is 0 Å². The molecule has 0 aromatic carbocycles. The van der Waals surface area contributed by atoms with Crippen molar-refractivity contribution in [2.24, 2.45) is 11.8 Å². The highest BCUT2D eigenvalue weighted by atomic mass is 35.5. The summed E-state index contributed by atoms with van der Waals surface area (Å²) in [6, 6.07) is 5.27. The maximum absolute atomic E-state index is 11.5. The second kappa shape index (κ2) is 7.71. The molecule has 19 heavy (non-hydrogen) atoms. The van der Waals surface area contributed by atoms with Gasteiger partial charge in [-0.25, -0.2) is 0 Å². The van der Waals surface area contributed by atoms with Crippen LogP contribution in [0, 0.1) is 11.8 Å². The Kier molecular flexibility index (Phi) is 5.93. The molecule has 1 aromatic heterocycles. The number of nitrogens with zero attached hydrogens (tertiary/aromatic N) is 1. The van der Waals surface area contributed by atoms with Gasteiger partial charge in [-0.2, -0.15) is 0 Å². The van der Waals surface area contributed by atoms with Crippen molar-refractivity contribution in [3.8, 4) is 0 Å². The largest absolute Gasteiger partial charge is 0.315 e. The average Bonchev–Trinajstić information content (AvgIpc) is 2.45. The van der Waals surface area contributed by atoms with Crippen LogP contribution in [0.15, 0.2) is 29.2 Å². The summed E-state index contributed by atoms with van der Waals surface area (Å²) in [7, 11) is 0. The van der Waals surface area contributed by atoms with Crippen LogP contribution in [0.3, 0.4) is 0 Å². The first-order chi connectivity index (χ1) is 9.31. The first kappa shape index (κ1) is 14.6. The molecule has 1 heterocycles. The molecule has 0 saturated heterocycles. The van der Waals surface area contributed by atoms with E-state index in [2.05, 4.69) is 5.32 Å². The molecule has 1 saturated carbocycles. The number of nitrogens with one attached hydrogen (secondary N) is 1. The van der Waals surface area contributed by atoms with Gasteiger partial charge in [-0.1, -0.05) is 18.9 Å². The molecule has 4 heteroatoms. The molecule has 106 valence electrons. The van der Waals surface area contributed by atoms with Crippen LogP contribution in [0.4, 0.5) is 0 Å². The molecule has 0 spiro atoms. The molecule has 0 radical (unpaired) electrons. The highest BCUT2D eigenvalue weighted by Crippen LogP contribution is 2.30. The number of hydrogen-bond acceptors (Lipinski definition) is 2. The lowest BCUT2D eigenvalue weighted by molar-refractivity contribution is 0.250. The van der Waals surface area contributed by atoms with Gasteiger partial charge in [0.1, 0.15) is 0 Å². The number of rotatable bonds is 6. The maximum Gasteiger partial charge on any atom is 0.250 e. The Morgan fingerprint density at radius 3 is 2.79 bits per heavy atom. The number of halogens is 1. The molecular formula is C15H23ClN2O. The van der Waals surface area contributed by atoms with Gasteiger partial charge in [-0.05, 0) is 37.3 Å². The lowest BCUT2D eigenvalue weighted by Crippen LogP contribution is -2.34. The molecule has 1 fully saturated rings. The Morgan fingerprint density at radius 2 is 2.05 bits per heavy atom. The molecule has 2 unspecified atom stereocenters. The molecule has 0 aliphatic heterocycles. The van der Waals surface area contributed by atoms with E-state index >= 15 is 0 Å². The predicted octanol–water partition coefficient (Wildman–Crippen LogP) is 2.48. The summed E-state index contributed by atoms with van der Waals surface area (Å²) < 4.78 is 1.74. The van der Waals surface area contributed by atoms with E-state index in [0.717, 1.165) is 25.5 Å². The van der Waals surface area contributed by atoms with Gasteiger partial charge in [-0.3, -0.25) is 4.79 Å². The second-order valence-electron chi connectivity index (χ2n) is 5.40. The lowest BCUT2D eigenvalue weighted by Gasteiger charge is -2.30. The summed E-state index contributed by atoms with van der Waals surface area (Å²) in [4.78, 5) is 11.5. The molecule has 0 bridgehead atoms. The molecule has 1 aliphatic rings. The Labute approximate surface area is 120 Å². The summed E-state index contributed by atoms with van der Waals surface area (Å²) in [6.45, 7) is 2.60. The fourth-order valence-electron chi connectivity index (χ4n) is 2.89. The fraction of sp³-hybridized carbons (Fsp3) is 0.667. The topological polar surface area (TPSA) is 34.0 Å². The quantitative estimate of drug-likeness (QED) is 0.642. The molecule has 2 rings (SSSR count). The van der Waals surface area contributed by atoms with E-state index in [-0.39, 0.29) is 5.56 Å². The first-order valence-electron chi connectivity index (χ1n) is 7.23. The Bertz CT molecular complexity index is 432. The molecule has 1 aromatic rings. The van der Waals surface area contributed by atoms with Crippen molar-refractivity contribution in [2.75, 3.05) is 19.0 Å². The molecule has 1 aliphatic carbocycles. The van der Waals surface area contributed by atoms with Crippen molar-refractivity contribution in [1.29, 1.82) is 0 Å². The Balaban J connectivity index is 1.71. The summed E-state index contributed by atoms with van der Waals surface area (Å²) in [5.74, 6) is 2.16. The van der Waals surface area contributed by atoms with E-state index in [4.69, 9.17) is 11.6 Å². The van der Waals surface area contributed by atoms with Crippen LogP contribution >= 0.6 is 11.6 Å². The van der Waals surface area contributed by atoms with E-state index in [9.17, 15) is 4.79 Å². The Hall–Kier alpha value is -0.800. The van der Waals surface area contributed by atoms with Crippen LogP contribution in [0.25, 0.3) is 0 Å². The van der Waals surface area contributed by atoms with E-state index < -0.39 is 0 Å². The van der Waals surface area contributed by atoms with Crippen LogP contribution < -0.4 is 10.9 Å². The third-order valence-electron chi connectivity index (χ3n) is 4.10. The van der Waals surface area contributed by atoms with Crippen LogP contribution in [0.1, 0.15) is 25.7 Å². The maximum atomic E-state index is 11.5. The summed E-state index contributed by atoms with van der Waals surface area (Å²) in [5, 5.41) is 3.48.